The van der Waals surface area contributed by atoms with Crippen LogP contribution in [-0.4, -0.2) is 23.6 Å². The largest absolute Gasteiger partial charge is 0.482 e. The minimum absolute atomic E-state index is 0.00878. The van der Waals surface area contributed by atoms with Gasteiger partial charge in [0, 0.05) is 18.2 Å². The van der Waals surface area contributed by atoms with Gasteiger partial charge in [0.2, 0.25) is 5.91 Å². The molecule has 22 heavy (non-hydrogen) atoms. The van der Waals surface area contributed by atoms with E-state index in [9.17, 15) is 9.59 Å². The van der Waals surface area contributed by atoms with Crippen LogP contribution in [0, 0.1) is 11.8 Å². The van der Waals surface area contributed by atoms with E-state index in [4.69, 9.17) is 9.84 Å². The third kappa shape index (κ3) is 5.39. The Bertz CT molecular complexity index is 529. The summed E-state index contributed by atoms with van der Waals surface area (Å²) in [6, 6.07) is 6.82. The van der Waals surface area contributed by atoms with E-state index in [1.54, 1.807) is 24.3 Å². The minimum atomic E-state index is -1.03. The highest BCUT2D eigenvalue weighted by molar-refractivity contribution is 5.91. The summed E-state index contributed by atoms with van der Waals surface area (Å²) in [6.45, 7) is 1.85. The molecule has 5 nitrogen and oxygen atoms in total. The van der Waals surface area contributed by atoms with Gasteiger partial charge in [0.15, 0.2) is 6.61 Å². The van der Waals surface area contributed by atoms with E-state index in [2.05, 4.69) is 12.2 Å². The molecule has 0 aliphatic heterocycles. The third-order valence-electron chi connectivity index (χ3n) is 4.00. The highest BCUT2D eigenvalue weighted by Gasteiger charge is 2.21. The Morgan fingerprint density at radius 2 is 2.18 bits per heavy atom. The molecule has 0 saturated heterocycles. The second kappa shape index (κ2) is 7.82. The Morgan fingerprint density at radius 3 is 2.91 bits per heavy atom. The Balaban J connectivity index is 1.85. The number of carboxylic acid groups (broad SMARTS) is 1. The van der Waals surface area contributed by atoms with Crippen LogP contribution in [0.15, 0.2) is 24.3 Å². The normalized spacial score (nSPS) is 21.1. The fourth-order valence-corrected chi connectivity index (χ4v) is 3.03. The zero-order chi connectivity index (χ0) is 15.9. The average molecular weight is 305 g/mol. The summed E-state index contributed by atoms with van der Waals surface area (Å²) in [5.74, 6) is 0.594. The van der Waals surface area contributed by atoms with E-state index in [1.165, 1.54) is 12.8 Å². The number of hydrogen-bond acceptors (Lipinski definition) is 3. The van der Waals surface area contributed by atoms with E-state index < -0.39 is 12.6 Å². The molecule has 1 aliphatic rings. The van der Waals surface area contributed by atoms with Crippen molar-refractivity contribution in [2.75, 3.05) is 11.9 Å². The summed E-state index contributed by atoms with van der Waals surface area (Å²) in [5, 5.41) is 11.5. The van der Waals surface area contributed by atoms with Crippen molar-refractivity contribution < 1.29 is 19.4 Å². The number of benzene rings is 1. The van der Waals surface area contributed by atoms with Crippen molar-refractivity contribution in [3.8, 4) is 5.75 Å². The zero-order valence-corrected chi connectivity index (χ0v) is 12.9. The van der Waals surface area contributed by atoms with Crippen molar-refractivity contribution in [1.29, 1.82) is 0 Å². The molecule has 1 aromatic carbocycles. The molecule has 2 unspecified atom stereocenters. The van der Waals surface area contributed by atoms with E-state index >= 15 is 0 Å². The van der Waals surface area contributed by atoms with Crippen molar-refractivity contribution >= 4 is 17.6 Å². The van der Waals surface area contributed by atoms with Gasteiger partial charge < -0.3 is 15.2 Å². The number of carboxylic acids is 1. The van der Waals surface area contributed by atoms with Gasteiger partial charge in [-0.2, -0.15) is 0 Å². The van der Waals surface area contributed by atoms with Crippen LogP contribution in [-0.2, 0) is 9.59 Å². The molecule has 1 aromatic rings. The molecule has 1 aliphatic carbocycles. The maximum Gasteiger partial charge on any atom is 0.341 e. The second-order valence-corrected chi connectivity index (χ2v) is 6.10. The van der Waals surface area contributed by atoms with Crippen LogP contribution in [0.5, 0.6) is 5.75 Å². The summed E-state index contributed by atoms with van der Waals surface area (Å²) in [5.41, 5.74) is 0.636. The minimum Gasteiger partial charge on any atom is -0.482 e. The number of carbonyl (C=O) groups is 2. The molecule has 1 saturated carbocycles. The molecule has 0 aromatic heterocycles. The monoisotopic (exact) mass is 305 g/mol. The first-order valence-corrected chi connectivity index (χ1v) is 7.77. The zero-order valence-electron chi connectivity index (χ0n) is 12.9. The summed E-state index contributed by atoms with van der Waals surface area (Å²) in [6.07, 6.45) is 5.26. The van der Waals surface area contributed by atoms with Gasteiger partial charge in [0.05, 0.1) is 0 Å². The third-order valence-corrected chi connectivity index (χ3v) is 4.00. The van der Waals surface area contributed by atoms with Crippen LogP contribution in [0.25, 0.3) is 0 Å². The second-order valence-electron chi connectivity index (χ2n) is 6.10. The van der Waals surface area contributed by atoms with Gasteiger partial charge in [-0.05, 0) is 36.8 Å². The van der Waals surface area contributed by atoms with E-state index in [-0.39, 0.29) is 5.91 Å². The molecular formula is C17H23NO4. The van der Waals surface area contributed by atoms with Gasteiger partial charge in [0.1, 0.15) is 5.75 Å². The summed E-state index contributed by atoms with van der Waals surface area (Å²) in [7, 11) is 0. The predicted octanol–water partition coefficient (Wildman–Crippen LogP) is 3.30. The van der Waals surface area contributed by atoms with Crippen LogP contribution < -0.4 is 10.1 Å². The van der Waals surface area contributed by atoms with Crippen molar-refractivity contribution in [3.05, 3.63) is 24.3 Å². The SMILES string of the molecule is CC1CCCC(CC(=O)Nc2cccc(OCC(=O)O)c2)C1. The average Bonchev–Trinajstić information content (AvgIpc) is 2.45. The molecule has 1 amide bonds. The maximum absolute atomic E-state index is 12.1. The number of carbonyl (C=O) groups excluding carboxylic acids is 1. The van der Waals surface area contributed by atoms with Gasteiger partial charge in [-0.15, -0.1) is 0 Å². The van der Waals surface area contributed by atoms with Crippen LogP contribution in [0.4, 0.5) is 5.69 Å². The number of anilines is 1. The lowest BCUT2D eigenvalue weighted by molar-refractivity contribution is -0.139. The number of amides is 1. The van der Waals surface area contributed by atoms with Crippen molar-refractivity contribution in [2.45, 2.75) is 39.0 Å². The Morgan fingerprint density at radius 1 is 1.36 bits per heavy atom. The summed E-state index contributed by atoms with van der Waals surface area (Å²) in [4.78, 5) is 22.6. The summed E-state index contributed by atoms with van der Waals surface area (Å²) < 4.78 is 5.10. The molecule has 0 spiro atoms. The molecule has 0 radical (unpaired) electrons. The Kier molecular flexibility index (Phi) is 5.81. The fraction of sp³-hybridized carbons (Fsp3) is 0.529. The van der Waals surface area contributed by atoms with Gasteiger partial charge in [0.25, 0.3) is 0 Å². The van der Waals surface area contributed by atoms with Crippen LogP contribution in [0.2, 0.25) is 0 Å². The van der Waals surface area contributed by atoms with E-state index in [0.717, 1.165) is 12.8 Å². The molecular weight excluding hydrogens is 282 g/mol. The van der Waals surface area contributed by atoms with Gasteiger partial charge in [-0.1, -0.05) is 25.8 Å². The Hall–Kier alpha value is -2.04. The number of ether oxygens (including phenoxy) is 1. The van der Waals surface area contributed by atoms with Crippen molar-refractivity contribution in [1.82, 2.24) is 0 Å². The molecule has 0 heterocycles. The highest BCUT2D eigenvalue weighted by Crippen LogP contribution is 2.31. The lowest BCUT2D eigenvalue weighted by Gasteiger charge is -2.26. The van der Waals surface area contributed by atoms with Crippen molar-refractivity contribution in [2.24, 2.45) is 11.8 Å². The first kappa shape index (κ1) is 16.3. The van der Waals surface area contributed by atoms with Crippen LogP contribution in [0.1, 0.15) is 39.0 Å². The molecule has 1 fully saturated rings. The molecule has 2 N–H and O–H groups in total. The maximum atomic E-state index is 12.1. The molecule has 0 bridgehead atoms. The van der Waals surface area contributed by atoms with Crippen LogP contribution in [0.3, 0.4) is 0 Å². The van der Waals surface area contributed by atoms with E-state index in [1.807, 2.05) is 0 Å². The molecule has 2 rings (SSSR count). The summed E-state index contributed by atoms with van der Waals surface area (Å²) >= 11 is 0. The molecule has 5 heteroatoms. The predicted molar refractivity (Wildman–Crippen MR) is 83.9 cm³/mol. The number of rotatable bonds is 6. The number of aliphatic carboxylic acids is 1. The first-order valence-electron chi connectivity index (χ1n) is 7.77. The quantitative estimate of drug-likeness (QED) is 0.845. The highest BCUT2D eigenvalue weighted by atomic mass is 16.5. The standard InChI is InChI=1S/C17H23NO4/c1-12-4-2-5-13(8-12)9-16(19)18-14-6-3-7-15(10-14)22-11-17(20)21/h3,6-7,10,12-13H,2,4-5,8-9,11H2,1H3,(H,18,19)(H,20,21). The van der Waals surface area contributed by atoms with Crippen molar-refractivity contribution in [3.63, 3.8) is 0 Å². The number of hydrogen-bond donors (Lipinski definition) is 2. The van der Waals surface area contributed by atoms with Gasteiger partial charge >= 0.3 is 5.97 Å². The molecule has 120 valence electrons. The first-order chi connectivity index (χ1) is 10.5. The smallest absolute Gasteiger partial charge is 0.341 e. The van der Waals surface area contributed by atoms with E-state index in [0.29, 0.717) is 29.7 Å². The van der Waals surface area contributed by atoms with Gasteiger partial charge in [-0.25, -0.2) is 4.79 Å². The molecule has 2 atom stereocenters. The fourth-order valence-electron chi connectivity index (χ4n) is 3.03. The Labute approximate surface area is 130 Å². The lowest BCUT2D eigenvalue weighted by atomic mass is 9.81. The van der Waals surface area contributed by atoms with Crippen LogP contribution >= 0.6 is 0 Å². The topological polar surface area (TPSA) is 75.6 Å². The number of nitrogens with one attached hydrogen (secondary N) is 1. The van der Waals surface area contributed by atoms with Gasteiger partial charge in [-0.3, -0.25) is 4.79 Å². The lowest BCUT2D eigenvalue weighted by Crippen LogP contribution is -2.21.